The van der Waals surface area contributed by atoms with Crippen LogP contribution in [0.5, 0.6) is 23.0 Å². The molecule has 4 rings (SSSR count). The van der Waals surface area contributed by atoms with Gasteiger partial charge >= 0.3 is 0 Å². The second-order valence-electron chi connectivity index (χ2n) is 12.7. The van der Waals surface area contributed by atoms with E-state index >= 15 is 0 Å². The van der Waals surface area contributed by atoms with Gasteiger partial charge < -0.3 is 53.6 Å². The van der Waals surface area contributed by atoms with E-state index in [1.807, 2.05) is 48.5 Å². The zero-order valence-corrected chi connectivity index (χ0v) is 31.9. The third-order valence-electron chi connectivity index (χ3n) is 8.40. The van der Waals surface area contributed by atoms with Crippen LogP contribution in [0, 0.1) is 0 Å². The van der Waals surface area contributed by atoms with Crippen LogP contribution in [0.2, 0.25) is 0 Å². The summed E-state index contributed by atoms with van der Waals surface area (Å²) in [4.78, 5) is 23.7. The van der Waals surface area contributed by atoms with E-state index in [4.69, 9.17) is 18.9 Å². The number of carbonyl (C=O) groups is 2. The van der Waals surface area contributed by atoms with E-state index in [0.29, 0.717) is 22.6 Å². The van der Waals surface area contributed by atoms with Gasteiger partial charge in [0.1, 0.15) is 17.2 Å². The van der Waals surface area contributed by atoms with Crippen molar-refractivity contribution in [2.75, 3.05) is 13.2 Å². The van der Waals surface area contributed by atoms with Gasteiger partial charge in [-0.2, -0.15) is 12.1 Å². The molecule has 0 spiro atoms. The van der Waals surface area contributed by atoms with Gasteiger partial charge in [-0.3, -0.25) is 4.79 Å². The van der Waals surface area contributed by atoms with Crippen molar-refractivity contribution in [1.29, 1.82) is 0 Å². The molecule has 0 radical (unpaired) electrons. The predicted molar refractivity (Wildman–Crippen MR) is 203 cm³/mol. The Morgan fingerprint density at radius 2 is 0.863 bits per heavy atom. The van der Waals surface area contributed by atoms with Gasteiger partial charge in [-0.1, -0.05) is 115 Å². The number of unbranched alkanes of at least 4 members (excludes halogenated alkanes) is 14. The minimum atomic E-state index is -0.336. The second kappa shape index (κ2) is 27.9. The molecule has 0 aromatic heterocycles. The fraction of sp³-hybridized carbons (Fsp3) is 0.455. The van der Waals surface area contributed by atoms with Crippen molar-refractivity contribution < 1.29 is 45.6 Å². The van der Waals surface area contributed by atoms with Crippen LogP contribution in [-0.2, 0) is 17.1 Å². The largest absolute Gasteiger partial charge is 0.680 e. The van der Waals surface area contributed by atoms with E-state index in [9.17, 15) is 9.59 Å². The summed E-state index contributed by atoms with van der Waals surface area (Å²) in [6, 6.07) is 28.7. The Kier molecular flexibility index (Phi) is 23.7. The topological polar surface area (TPSA) is 71.1 Å². The van der Waals surface area contributed by atoms with Crippen LogP contribution in [0.1, 0.15) is 137 Å². The molecule has 0 saturated heterocycles. The minimum absolute atomic E-state index is 0. The van der Waals surface area contributed by atoms with Crippen LogP contribution in [0.4, 0.5) is 0 Å². The summed E-state index contributed by atoms with van der Waals surface area (Å²) in [5, 5.41) is 0. The minimum Gasteiger partial charge on any atom is -0.680 e. The summed E-state index contributed by atoms with van der Waals surface area (Å²) < 4.78 is 22.1. The van der Waals surface area contributed by atoms with Crippen molar-refractivity contribution >= 4 is 11.9 Å². The molecule has 0 aliphatic carbocycles. The zero-order chi connectivity index (χ0) is 35.5. The van der Waals surface area contributed by atoms with E-state index < -0.39 is 0 Å². The normalized spacial score (nSPS) is 10.4. The third kappa shape index (κ3) is 19.4. The molecule has 284 valence electrons. The number of hydrogen-bond acceptors (Lipinski definition) is 6. The van der Waals surface area contributed by atoms with Crippen LogP contribution in [-0.4, -0.2) is 25.2 Å². The Morgan fingerprint density at radius 3 is 1.27 bits per heavy atom. The van der Waals surface area contributed by atoms with E-state index in [1.54, 1.807) is 48.5 Å². The average Bonchev–Trinajstić information content (AvgIpc) is 3.88. The van der Waals surface area contributed by atoms with Crippen molar-refractivity contribution in [2.24, 2.45) is 0 Å². The Hall–Kier alpha value is -3.80. The number of benzene rings is 2. The first kappa shape index (κ1) is 43.4. The van der Waals surface area contributed by atoms with Crippen molar-refractivity contribution in [2.45, 2.75) is 117 Å². The molecule has 4 aromatic rings. The molecule has 0 fully saturated rings. The van der Waals surface area contributed by atoms with Gasteiger partial charge in [-0.05, 0) is 61.4 Å². The maximum atomic E-state index is 11.9. The van der Waals surface area contributed by atoms with Crippen molar-refractivity contribution in [3.63, 3.8) is 0 Å². The van der Waals surface area contributed by atoms with E-state index in [-0.39, 0.29) is 29.0 Å². The number of esters is 2. The predicted octanol–water partition coefficient (Wildman–Crippen LogP) is 12.3. The summed E-state index contributed by atoms with van der Waals surface area (Å²) >= 11 is 0. The molecule has 0 saturated carbocycles. The van der Waals surface area contributed by atoms with Crippen molar-refractivity contribution in [1.82, 2.24) is 0 Å². The fourth-order valence-corrected chi connectivity index (χ4v) is 5.41. The Bertz CT molecular complexity index is 1290. The molecule has 0 heterocycles. The zero-order valence-electron chi connectivity index (χ0n) is 30.8. The number of hydrogen-bond donors (Lipinski definition) is 0. The van der Waals surface area contributed by atoms with Gasteiger partial charge in [-0.15, -0.1) is 0 Å². The van der Waals surface area contributed by atoms with E-state index in [0.717, 1.165) is 37.6 Å². The van der Waals surface area contributed by atoms with Gasteiger partial charge in [-0.25, -0.2) is 12.1 Å². The molecule has 0 amide bonds. The first-order valence-corrected chi connectivity index (χ1v) is 18.9. The monoisotopic (exact) mass is 738 g/mol. The first-order valence-electron chi connectivity index (χ1n) is 18.9. The molecular formula is C44H58FeO6-6. The number of rotatable bonds is 24. The molecule has 51 heavy (non-hydrogen) atoms. The molecular weight excluding hydrogens is 680 g/mol. The van der Waals surface area contributed by atoms with Gasteiger partial charge in [0.2, 0.25) is 0 Å². The molecule has 0 aliphatic heterocycles. The summed E-state index contributed by atoms with van der Waals surface area (Å²) in [5.41, 5.74) is 1.13. The van der Waals surface area contributed by atoms with Crippen LogP contribution >= 0.6 is 0 Å². The van der Waals surface area contributed by atoms with Crippen LogP contribution in [0.3, 0.4) is 0 Å². The van der Waals surface area contributed by atoms with Crippen molar-refractivity contribution in [3.8, 4) is 23.0 Å². The Balaban J connectivity index is 0.000000347. The maximum absolute atomic E-state index is 11.9. The average molecular weight is 739 g/mol. The van der Waals surface area contributed by atoms with Crippen LogP contribution in [0.15, 0.2) is 97.1 Å². The maximum Gasteiger partial charge on any atom is 0.286 e. The molecule has 6 nitrogen and oxygen atoms in total. The van der Waals surface area contributed by atoms with Crippen LogP contribution in [0.25, 0.3) is 0 Å². The van der Waals surface area contributed by atoms with E-state index in [2.05, 4.69) is 13.8 Å². The Morgan fingerprint density at radius 1 is 0.510 bits per heavy atom. The summed E-state index contributed by atoms with van der Waals surface area (Å²) in [5.74, 6) is 2.03. The number of carbonyl (C=O) groups excluding carboxylic acids is 2. The van der Waals surface area contributed by atoms with Gasteiger partial charge in [0.05, 0.1) is 19.0 Å². The fourth-order valence-electron chi connectivity index (χ4n) is 5.41. The van der Waals surface area contributed by atoms with Gasteiger partial charge in [0.15, 0.2) is 0 Å². The van der Waals surface area contributed by atoms with Crippen molar-refractivity contribution in [3.05, 3.63) is 108 Å². The third-order valence-corrected chi connectivity index (χ3v) is 8.40. The standard InChI is InChI=1S/2C22H29O3.Fe/c2*1-2-3-4-5-6-7-8-11-18-24-20-14-16-21(17-15-20)25-22(23)19-12-9-10-13-19;/h2*9-10,12-17H,2-8,11,18H2,1H3;/q-5;-1;. The summed E-state index contributed by atoms with van der Waals surface area (Å²) in [6.07, 6.45) is 20.7. The SMILES string of the molecule is CCCCCCCCCCOc1ccc(OC(=O)[c-]2[cH-][cH-][cH-][cH-]2)cc1.CCCCCCCCCCOc1ccc(OC(=O)[c-]2cccc2)cc1.[Fe]. The molecule has 0 unspecified atom stereocenters. The molecule has 0 aliphatic rings. The molecule has 0 atom stereocenters. The first-order chi connectivity index (χ1) is 24.6. The Labute approximate surface area is 317 Å². The summed E-state index contributed by atoms with van der Waals surface area (Å²) in [6.45, 7) is 5.97. The number of ether oxygens (including phenoxy) is 4. The second-order valence-corrected chi connectivity index (χ2v) is 12.7. The quantitative estimate of drug-likeness (QED) is 0.0234. The smallest absolute Gasteiger partial charge is 0.286 e. The van der Waals surface area contributed by atoms with E-state index in [1.165, 1.54) is 89.9 Å². The van der Waals surface area contributed by atoms with Crippen LogP contribution < -0.4 is 18.9 Å². The molecule has 4 aromatic carbocycles. The van der Waals surface area contributed by atoms with Gasteiger partial charge in [0, 0.05) is 17.1 Å². The van der Waals surface area contributed by atoms with Gasteiger partial charge in [0.25, 0.3) is 5.97 Å². The molecule has 7 heteroatoms. The molecule has 0 N–H and O–H groups in total. The molecule has 0 bridgehead atoms. The summed E-state index contributed by atoms with van der Waals surface area (Å²) in [7, 11) is 0.